The van der Waals surface area contributed by atoms with E-state index in [1.807, 2.05) is 0 Å². The van der Waals surface area contributed by atoms with E-state index in [2.05, 4.69) is 26.1 Å². The molecule has 1 saturated carbocycles. The average Bonchev–Trinajstić information content (AvgIpc) is 2.75. The molecule has 0 aromatic rings. The minimum atomic E-state index is 0.706. The van der Waals surface area contributed by atoms with Crippen LogP contribution in [0.5, 0.6) is 0 Å². The molecule has 1 N–H and O–H groups in total. The molecule has 2 unspecified atom stereocenters. The van der Waals surface area contributed by atoms with Crippen molar-refractivity contribution in [1.29, 1.82) is 0 Å². The summed E-state index contributed by atoms with van der Waals surface area (Å²) in [7, 11) is 0. The van der Waals surface area contributed by atoms with Crippen molar-refractivity contribution in [3.05, 3.63) is 0 Å². The van der Waals surface area contributed by atoms with Gasteiger partial charge in [-0.2, -0.15) is 0 Å². The largest absolute Gasteiger partial charge is 0.317 e. The fraction of sp³-hybridized carbons (Fsp3) is 1.00. The molecule has 0 radical (unpaired) electrons. The smallest absolute Gasteiger partial charge is 0.00152 e. The van der Waals surface area contributed by atoms with Crippen molar-refractivity contribution >= 4 is 0 Å². The molecule has 1 aliphatic rings. The minimum absolute atomic E-state index is 0.706. The van der Waals surface area contributed by atoms with Gasteiger partial charge in [0.05, 0.1) is 0 Å². The zero-order valence-electron chi connectivity index (χ0n) is 9.53. The van der Waals surface area contributed by atoms with Crippen LogP contribution < -0.4 is 5.32 Å². The van der Waals surface area contributed by atoms with Crippen molar-refractivity contribution in [2.45, 2.75) is 52.9 Å². The Morgan fingerprint density at radius 2 is 2.08 bits per heavy atom. The Morgan fingerprint density at radius 3 is 2.69 bits per heavy atom. The lowest BCUT2D eigenvalue weighted by atomic mass is 9.98. The topological polar surface area (TPSA) is 12.0 Å². The summed E-state index contributed by atoms with van der Waals surface area (Å²) in [6, 6.07) is 0. The quantitative estimate of drug-likeness (QED) is 0.598. The van der Waals surface area contributed by atoms with E-state index in [0.717, 1.165) is 12.5 Å². The molecule has 0 amide bonds. The Labute approximate surface area is 83.3 Å². The summed E-state index contributed by atoms with van der Waals surface area (Å²) in [4.78, 5) is 0. The van der Waals surface area contributed by atoms with E-state index < -0.39 is 0 Å². The predicted octanol–water partition coefficient (Wildman–Crippen LogP) is 3.20. The monoisotopic (exact) mass is 183 g/mol. The van der Waals surface area contributed by atoms with Crippen molar-refractivity contribution in [2.75, 3.05) is 13.1 Å². The second kappa shape index (κ2) is 4.99. The lowest BCUT2D eigenvalue weighted by Gasteiger charge is -2.10. The van der Waals surface area contributed by atoms with Gasteiger partial charge in [0.15, 0.2) is 0 Å². The molecule has 1 fully saturated rings. The van der Waals surface area contributed by atoms with E-state index >= 15 is 0 Å². The average molecular weight is 183 g/mol. The van der Waals surface area contributed by atoms with Gasteiger partial charge >= 0.3 is 0 Å². The molecule has 13 heavy (non-hydrogen) atoms. The highest BCUT2D eigenvalue weighted by Gasteiger charge is 2.48. The van der Waals surface area contributed by atoms with Crippen LogP contribution in [-0.4, -0.2) is 13.1 Å². The third-order valence-electron chi connectivity index (χ3n) is 3.53. The van der Waals surface area contributed by atoms with Crippen LogP contribution in [0.15, 0.2) is 0 Å². The van der Waals surface area contributed by atoms with Gasteiger partial charge < -0.3 is 5.32 Å². The van der Waals surface area contributed by atoms with Crippen LogP contribution in [0.3, 0.4) is 0 Å². The Bertz CT molecular complexity index is 144. The molecule has 0 aliphatic heterocycles. The molecule has 0 spiro atoms. The van der Waals surface area contributed by atoms with Gasteiger partial charge in [0.1, 0.15) is 0 Å². The first-order chi connectivity index (χ1) is 6.23. The van der Waals surface area contributed by atoms with Crippen LogP contribution in [0.1, 0.15) is 52.9 Å². The molecule has 1 nitrogen and oxygen atoms in total. The highest BCUT2D eigenvalue weighted by Crippen LogP contribution is 2.55. The Balaban J connectivity index is 2.06. The van der Waals surface area contributed by atoms with E-state index in [0.29, 0.717) is 5.41 Å². The summed E-state index contributed by atoms with van der Waals surface area (Å²) in [5.41, 5.74) is 0.706. The van der Waals surface area contributed by atoms with E-state index in [4.69, 9.17) is 0 Å². The first-order valence-corrected chi connectivity index (χ1v) is 5.93. The highest BCUT2D eigenvalue weighted by molar-refractivity contribution is 4.99. The molecular formula is C12H25N. The fourth-order valence-corrected chi connectivity index (χ4v) is 2.23. The maximum Gasteiger partial charge on any atom is -0.00152 e. The van der Waals surface area contributed by atoms with Gasteiger partial charge in [0, 0.05) is 0 Å². The molecular weight excluding hydrogens is 158 g/mol. The molecule has 0 saturated heterocycles. The standard InChI is InChI=1S/C12H25N/c1-4-6-7-8-12(3)9-11(12)10-13-5-2/h11,13H,4-10H2,1-3H3. The van der Waals surface area contributed by atoms with E-state index in [1.54, 1.807) is 0 Å². The maximum atomic E-state index is 3.46. The highest BCUT2D eigenvalue weighted by atomic mass is 14.9. The van der Waals surface area contributed by atoms with Crippen LogP contribution in [-0.2, 0) is 0 Å². The summed E-state index contributed by atoms with van der Waals surface area (Å²) in [6.45, 7) is 9.31. The summed E-state index contributed by atoms with van der Waals surface area (Å²) in [5, 5.41) is 3.46. The van der Waals surface area contributed by atoms with Crippen LogP contribution in [0.4, 0.5) is 0 Å². The van der Waals surface area contributed by atoms with E-state index in [9.17, 15) is 0 Å². The van der Waals surface area contributed by atoms with Gasteiger partial charge in [-0.25, -0.2) is 0 Å². The SMILES string of the molecule is CCCCCC1(C)CC1CNCC. The zero-order chi connectivity index (χ0) is 9.73. The molecule has 0 aromatic heterocycles. The van der Waals surface area contributed by atoms with Crippen molar-refractivity contribution in [3.63, 3.8) is 0 Å². The van der Waals surface area contributed by atoms with Gasteiger partial charge in [-0.3, -0.25) is 0 Å². The van der Waals surface area contributed by atoms with Gasteiger partial charge in [-0.05, 0) is 37.3 Å². The Hall–Kier alpha value is -0.0400. The molecule has 0 heterocycles. The second-order valence-electron chi connectivity index (χ2n) is 4.82. The van der Waals surface area contributed by atoms with Crippen LogP contribution >= 0.6 is 0 Å². The number of hydrogen-bond donors (Lipinski definition) is 1. The van der Waals surface area contributed by atoms with Gasteiger partial charge in [0.2, 0.25) is 0 Å². The predicted molar refractivity (Wildman–Crippen MR) is 58.9 cm³/mol. The molecule has 0 bridgehead atoms. The number of unbranched alkanes of at least 4 members (excludes halogenated alkanes) is 2. The summed E-state index contributed by atoms with van der Waals surface area (Å²) >= 11 is 0. The van der Waals surface area contributed by atoms with Crippen molar-refractivity contribution in [3.8, 4) is 0 Å². The molecule has 1 heteroatoms. The third-order valence-corrected chi connectivity index (χ3v) is 3.53. The lowest BCUT2D eigenvalue weighted by Crippen LogP contribution is -2.18. The maximum absolute atomic E-state index is 3.46. The van der Waals surface area contributed by atoms with Crippen molar-refractivity contribution in [1.82, 2.24) is 5.32 Å². The number of nitrogens with one attached hydrogen (secondary N) is 1. The number of rotatable bonds is 7. The summed E-state index contributed by atoms with van der Waals surface area (Å²) in [5.74, 6) is 0.976. The van der Waals surface area contributed by atoms with Gasteiger partial charge in [-0.15, -0.1) is 0 Å². The second-order valence-corrected chi connectivity index (χ2v) is 4.82. The van der Waals surface area contributed by atoms with Crippen molar-refractivity contribution in [2.24, 2.45) is 11.3 Å². The normalized spacial score (nSPS) is 32.1. The fourth-order valence-electron chi connectivity index (χ4n) is 2.23. The van der Waals surface area contributed by atoms with E-state index in [-0.39, 0.29) is 0 Å². The molecule has 2 atom stereocenters. The van der Waals surface area contributed by atoms with Crippen LogP contribution in [0.2, 0.25) is 0 Å². The Morgan fingerprint density at radius 1 is 1.31 bits per heavy atom. The molecule has 1 aliphatic carbocycles. The summed E-state index contributed by atoms with van der Waals surface area (Å²) in [6.07, 6.45) is 7.13. The third kappa shape index (κ3) is 3.30. The van der Waals surface area contributed by atoms with Gasteiger partial charge in [-0.1, -0.05) is 40.0 Å². The zero-order valence-corrected chi connectivity index (χ0v) is 9.53. The minimum Gasteiger partial charge on any atom is -0.317 e. The first kappa shape index (κ1) is 11.0. The summed E-state index contributed by atoms with van der Waals surface area (Å²) < 4.78 is 0. The molecule has 1 rings (SSSR count). The van der Waals surface area contributed by atoms with Gasteiger partial charge in [0.25, 0.3) is 0 Å². The first-order valence-electron chi connectivity index (χ1n) is 5.93. The lowest BCUT2D eigenvalue weighted by molar-refractivity contribution is 0.425. The van der Waals surface area contributed by atoms with Crippen molar-refractivity contribution < 1.29 is 0 Å². The number of hydrogen-bond acceptors (Lipinski definition) is 1. The van der Waals surface area contributed by atoms with Crippen LogP contribution in [0.25, 0.3) is 0 Å². The van der Waals surface area contributed by atoms with E-state index in [1.165, 1.54) is 38.6 Å². The molecule has 78 valence electrons. The van der Waals surface area contributed by atoms with Crippen LogP contribution in [0, 0.1) is 11.3 Å². The Kier molecular flexibility index (Phi) is 4.24. The molecule has 0 aromatic carbocycles.